The Kier molecular flexibility index (Phi) is 4.78. The number of ether oxygens (including phenoxy) is 1. The van der Waals surface area contributed by atoms with Gasteiger partial charge in [-0.05, 0) is 31.6 Å². The Labute approximate surface area is 188 Å². The third-order valence-electron chi connectivity index (χ3n) is 6.27. The van der Waals surface area contributed by atoms with Gasteiger partial charge in [0.05, 0.1) is 12.5 Å². The van der Waals surface area contributed by atoms with Crippen LogP contribution in [-0.2, 0) is 16.1 Å². The first kappa shape index (κ1) is 20.4. The molecule has 174 valence electrons. The minimum Gasteiger partial charge on any atom is -0.387 e. The van der Waals surface area contributed by atoms with Crippen LogP contribution in [0.15, 0.2) is 12.5 Å². The molecule has 0 unspecified atom stereocenters. The number of carbonyl (C=O) groups excluding carboxylic acids is 1. The highest BCUT2D eigenvalue weighted by atomic mass is 16.6. The van der Waals surface area contributed by atoms with Gasteiger partial charge in [0.1, 0.15) is 17.9 Å². The number of nitrogens with zero attached hydrogens (tertiary/aromatic N) is 7. The average Bonchev–Trinajstić information content (AvgIpc) is 3.69. The summed E-state index contributed by atoms with van der Waals surface area (Å²) < 4.78 is 9.05. The smallest absolute Gasteiger partial charge is 0.251 e. The SMILES string of the molecule is CNC(=O)[C@H]1O[C@@H](n2cnc3c(NC4CC4)nc(-c4cn(CC5CC5)nn4)nc32)[C@H](O)[C@@H]1O. The maximum atomic E-state index is 12.1. The van der Waals surface area contributed by atoms with Gasteiger partial charge in [0.15, 0.2) is 35.1 Å². The number of aliphatic hydroxyl groups excluding tert-OH is 2. The van der Waals surface area contributed by atoms with Gasteiger partial charge in [-0.3, -0.25) is 14.0 Å². The van der Waals surface area contributed by atoms with Gasteiger partial charge in [-0.15, -0.1) is 5.10 Å². The molecule has 3 aromatic rings. The van der Waals surface area contributed by atoms with E-state index in [0.717, 1.165) is 19.4 Å². The van der Waals surface area contributed by atoms with Crippen LogP contribution in [0.4, 0.5) is 5.82 Å². The van der Waals surface area contributed by atoms with Crippen LogP contribution in [0.2, 0.25) is 0 Å². The van der Waals surface area contributed by atoms with Crippen LogP contribution in [0.25, 0.3) is 22.7 Å². The zero-order valence-electron chi connectivity index (χ0n) is 18.0. The van der Waals surface area contributed by atoms with Crippen LogP contribution >= 0.6 is 0 Å². The summed E-state index contributed by atoms with van der Waals surface area (Å²) in [6.45, 7) is 0.821. The third-order valence-corrected chi connectivity index (χ3v) is 6.27. The number of anilines is 1. The van der Waals surface area contributed by atoms with E-state index >= 15 is 0 Å². The van der Waals surface area contributed by atoms with Gasteiger partial charge in [0.2, 0.25) is 0 Å². The molecular weight excluding hydrogens is 430 g/mol. The number of carbonyl (C=O) groups is 1. The first-order valence-electron chi connectivity index (χ1n) is 11.2. The van der Waals surface area contributed by atoms with Crippen LogP contribution in [0.3, 0.4) is 0 Å². The highest BCUT2D eigenvalue weighted by Gasteiger charge is 2.47. The van der Waals surface area contributed by atoms with E-state index in [1.165, 1.54) is 30.8 Å². The number of fused-ring (bicyclic) bond motifs is 1. The Morgan fingerprint density at radius 2 is 2.03 bits per heavy atom. The Bertz CT molecular complexity index is 1200. The molecule has 2 saturated carbocycles. The lowest BCUT2D eigenvalue weighted by Gasteiger charge is -2.17. The first-order chi connectivity index (χ1) is 16.0. The van der Waals surface area contributed by atoms with E-state index in [4.69, 9.17) is 4.74 Å². The van der Waals surface area contributed by atoms with Crippen molar-refractivity contribution in [1.82, 2.24) is 39.8 Å². The topological polar surface area (TPSA) is 165 Å². The van der Waals surface area contributed by atoms with E-state index in [2.05, 4.69) is 35.9 Å². The Hall–Kier alpha value is -3.16. The van der Waals surface area contributed by atoms with Crippen molar-refractivity contribution in [2.24, 2.45) is 5.92 Å². The average molecular weight is 455 g/mol. The van der Waals surface area contributed by atoms with Gasteiger partial charge < -0.3 is 25.6 Å². The molecule has 1 aliphatic heterocycles. The second kappa shape index (κ2) is 7.71. The fraction of sp³-hybridized carbons (Fsp3) is 0.600. The number of nitrogens with one attached hydrogen (secondary N) is 2. The Balaban J connectivity index is 1.40. The summed E-state index contributed by atoms with van der Waals surface area (Å²) >= 11 is 0. The molecule has 0 aromatic carbocycles. The molecule has 13 nitrogen and oxygen atoms in total. The second-order valence-electron chi connectivity index (χ2n) is 8.95. The van der Waals surface area contributed by atoms with Crippen molar-refractivity contribution in [3.63, 3.8) is 0 Å². The van der Waals surface area contributed by atoms with Crippen molar-refractivity contribution >= 4 is 22.9 Å². The molecule has 0 spiro atoms. The number of likely N-dealkylation sites (N-methyl/N-ethyl adjacent to an activating group) is 1. The second-order valence-corrected chi connectivity index (χ2v) is 8.95. The zero-order chi connectivity index (χ0) is 22.7. The lowest BCUT2D eigenvalue weighted by molar-refractivity contribution is -0.137. The fourth-order valence-corrected chi connectivity index (χ4v) is 4.04. The van der Waals surface area contributed by atoms with Crippen molar-refractivity contribution in [3.8, 4) is 11.5 Å². The van der Waals surface area contributed by atoms with Crippen molar-refractivity contribution in [2.75, 3.05) is 12.4 Å². The quantitative estimate of drug-likeness (QED) is 0.363. The Morgan fingerprint density at radius 3 is 2.76 bits per heavy atom. The van der Waals surface area contributed by atoms with Crippen LogP contribution in [0, 0.1) is 5.92 Å². The molecule has 0 bridgehead atoms. The monoisotopic (exact) mass is 455 g/mol. The molecule has 1 saturated heterocycles. The van der Waals surface area contributed by atoms with Gasteiger partial charge in [-0.25, -0.2) is 15.0 Å². The summed E-state index contributed by atoms with van der Waals surface area (Å²) in [6.07, 6.45) is 2.81. The molecule has 4 heterocycles. The predicted molar refractivity (Wildman–Crippen MR) is 114 cm³/mol. The number of imidazole rings is 1. The van der Waals surface area contributed by atoms with Crippen LogP contribution in [0.1, 0.15) is 31.9 Å². The Morgan fingerprint density at radius 1 is 1.21 bits per heavy atom. The van der Waals surface area contributed by atoms with Gasteiger partial charge in [0, 0.05) is 19.6 Å². The highest BCUT2D eigenvalue weighted by Crippen LogP contribution is 2.35. The summed E-state index contributed by atoms with van der Waals surface area (Å²) in [7, 11) is 1.44. The van der Waals surface area contributed by atoms with Gasteiger partial charge in [-0.2, -0.15) is 0 Å². The highest BCUT2D eigenvalue weighted by molar-refractivity contribution is 5.85. The fourth-order valence-electron chi connectivity index (χ4n) is 4.04. The van der Waals surface area contributed by atoms with E-state index < -0.39 is 30.4 Å². The molecule has 1 amide bonds. The van der Waals surface area contributed by atoms with E-state index in [1.54, 1.807) is 4.68 Å². The molecule has 0 radical (unpaired) electrons. The van der Waals surface area contributed by atoms with Crippen molar-refractivity contribution < 1.29 is 19.7 Å². The van der Waals surface area contributed by atoms with Crippen LogP contribution < -0.4 is 10.6 Å². The minimum absolute atomic E-state index is 0.319. The molecule has 33 heavy (non-hydrogen) atoms. The van der Waals surface area contributed by atoms with Crippen molar-refractivity contribution in [1.29, 1.82) is 0 Å². The number of rotatable bonds is 7. The van der Waals surface area contributed by atoms with Crippen LogP contribution in [-0.4, -0.2) is 82.0 Å². The molecule has 2 aliphatic carbocycles. The lowest BCUT2D eigenvalue weighted by Crippen LogP contribution is -2.41. The molecule has 6 rings (SSSR count). The van der Waals surface area contributed by atoms with E-state index in [1.807, 2.05) is 6.20 Å². The molecule has 4 atom stereocenters. The summed E-state index contributed by atoms with van der Waals surface area (Å²) in [5.74, 6) is 1.05. The standard InChI is InChI=1S/C20H25N9O4/c1-21-19(32)15-13(30)14(31)20(33-15)29-8-22-12-17(23-10-4-5-10)24-16(25-18(12)29)11-7-28(27-26-11)6-9-2-3-9/h7-10,13-15,20,30-31H,2-6H2,1H3,(H,21,32)(H,23,24,25)/t13-,14+,15-,20+/m0/s1. The summed E-state index contributed by atoms with van der Waals surface area (Å²) in [6, 6.07) is 0.319. The predicted octanol–water partition coefficient (Wildman–Crippen LogP) is -0.566. The van der Waals surface area contributed by atoms with E-state index in [9.17, 15) is 15.0 Å². The zero-order valence-corrected chi connectivity index (χ0v) is 18.0. The maximum absolute atomic E-state index is 12.1. The number of hydrogen-bond donors (Lipinski definition) is 4. The molecule has 3 aliphatic rings. The lowest BCUT2D eigenvalue weighted by atomic mass is 10.1. The van der Waals surface area contributed by atoms with E-state index in [0.29, 0.717) is 40.5 Å². The van der Waals surface area contributed by atoms with E-state index in [-0.39, 0.29) is 0 Å². The molecule has 13 heteroatoms. The first-order valence-corrected chi connectivity index (χ1v) is 11.2. The van der Waals surface area contributed by atoms with Crippen molar-refractivity contribution in [3.05, 3.63) is 12.5 Å². The summed E-state index contributed by atoms with van der Waals surface area (Å²) in [5, 5.41) is 35.3. The van der Waals surface area contributed by atoms with Gasteiger partial charge >= 0.3 is 0 Å². The molecule has 3 aromatic heterocycles. The largest absolute Gasteiger partial charge is 0.387 e. The molecule has 4 N–H and O–H groups in total. The third kappa shape index (κ3) is 3.71. The number of hydrogen-bond acceptors (Lipinski definition) is 10. The summed E-state index contributed by atoms with van der Waals surface area (Å²) in [4.78, 5) is 25.8. The normalized spacial score (nSPS) is 27.2. The maximum Gasteiger partial charge on any atom is 0.251 e. The number of amides is 1. The number of aromatic nitrogens is 7. The van der Waals surface area contributed by atoms with Gasteiger partial charge in [0.25, 0.3) is 5.91 Å². The van der Waals surface area contributed by atoms with Gasteiger partial charge in [-0.1, -0.05) is 5.21 Å². The minimum atomic E-state index is -1.39. The summed E-state index contributed by atoms with van der Waals surface area (Å²) in [5.41, 5.74) is 1.43. The van der Waals surface area contributed by atoms with Crippen LogP contribution in [0.5, 0.6) is 0 Å². The number of aliphatic hydroxyl groups is 2. The molecule has 3 fully saturated rings. The van der Waals surface area contributed by atoms with Crippen molar-refractivity contribution in [2.45, 2.75) is 62.8 Å². The molecular formula is C20H25N9O4.